The number of hydrogen-bond acceptors (Lipinski definition) is 3. The molecule has 6 heteroatoms. The van der Waals surface area contributed by atoms with Gasteiger partial charge >= 0.3 is 0 Å². The highest BCUT2D eigenvalue weighted by Gasteiger charge is 2.25. The van der Waals surface area contributed by atoms with Crippen LogP contribution in [-0.4, -0.2) is 20.3 Å². The third-order valence-corrected chi connectivity index (χ3v) is 3.72. The van der Waals surface area contributed by atoms with Crippen molar-refractivity contribution < 1.29 is 9.90 Å². The van der Waals surface area contributed by atoms with E-state index in [1.54, 1.807) is 24.3 Å². The van der Waals surface area contributed by atoms with Crippen LogP contribution in [0, 0.1) is 0 Å². The Labute approximate surface area is 131 Å². The number of aryl methyl sites for hydroxylation is 1. The van der Waals surface area contributed by atoms with Gasteiger partial charge in [0.1, 0.15) is 11.3 Å². The summed E-state index contributed by atoms with van der Waals surface area (Å²) < 4.78 is 1.49. The fourth-order valence-corrected chi connectivity index (χ4v) is 2.48. The van der Waals surface area contributed by atoms with Crippen LogP contribution in [0.15, 0.2) is 29.1 Å². The van der Waals surface area contributed by atoms with E-state index in [-0.39, 0.29) is 11.3 Å². The molecule has 21 heavy (non-hydrogen) atoms. The zero-order valence-corrected chi connectivity index (χ0v) is 13.0. The van der Waals surface area contributed by atoms with E-state index >= 15 is 0 Å². The summed E-state index contributed by atoms with van der Waals surface area (Å²) in [7, 11) is 0. The highest BCUT2D eigenvalue weighted by Crippen LogP contribution is 2.28. The van der Waals surface area contributed by atoms with Crippen LogP contribution in [0.25, 0.3) is 10.9 Å². The van der Waals surface area contributed by atoms with E-state index in [1.165, 1.54) is 4.57 Å². The van der Waals surface area contributed by atoms with Crippen molar-refractivity contribution in [3.8, 4) is 5.75 Å². The predicted octanol–water partition coefficient (Wildman–Crippen LogP) is 3.49. The number of aromatic hydroxyl groups is 1. The summed E-state index contributed by atoms with van der Waals surface area (Å²) >= 11 is 11.1. The summed E-state index contributed by atoms with van der Waals surface area (Å²) in [4.78, 5) is 23.2. The normalized spacial score (nSPS) is 11.2. The van der Waals surface area contributed by atoms with Gasteiger partial charge in [0.2, 0.25) is 5.78 Å². The lowest BCUT2D eigenvalue weighted by atomic mass is 10.1. The lowest BCUT2D eigenvalue weighted by Crippen LogP contribution is -2.29. The molecule has 112 valence electrons. The van der Waals surface area contributed by atoms with Crippen molar-refractivity contribution in [3.63, 3.8) is 0 Å². The monoisotopic (exact) mass is 327 g/mol. The number of fused-ring (bicyclic) bond motifs is 1. The first-order chi connectivity index (χ1) is 9.99. The van der Waals surface area contributed by atoms with E-state index < -0.39 is 16.2 Å². The zero-order valence-electron chi connectivity index (χ0n) is 11.5. The summed E-state index contributed by atoms with van der Waals surface area (Å²) in [6.45, 7) is 2.47. The van der Waals surface area contributed by atoms with Crippen LogP contribution >= 0.6 is 23.2 Å². The lowest BCUT2D eigenvalue weighted by Gasteiger charge is -2.14. The van der Waals surface area contributed by atoms with Gasteiger partial charge in [0.05, 0.1) is 5.52 Å². The van der Waals surface area contributed by atoms with Crippen LogP contribution in [-0.2, 0) is 6.54 Å². The Morgan fingerprint density at radius 2 is 2.00 bits per heavy atom. The van der Waals surface area contributed by atoms with Gasteiger partial charge in [-0.15, -0.1) is 0 Å². The van der Waals surface area contributed by atoms with Crippen molar-refractivity contribution in [2.24, 2.45) is 0 Å². The topological polar surface area (TPSA) is 59.3 Å². The first-order valence-electron chi connectivity index (χ1n) is 6.65. The molecule has 0 atom stereocenters. The summed E-state index contributed by atoms with van der Waals surface area (Å²) in [6, 6.07) is 6.89. The zero-order chi connectivity index (χ0) is 15.6. The number of aromatic nitrogens is 1. The van der Waals surface area contributed by atoms with Crippen molar-refractivity contribution in [1.82, 2.24) is 4.57 Å². The molecule has 1 aromatic carbocycles. The molecule has 1 N–H and O–H groups in total. The van der Waals surface area contributed by atoms with Crippen molar-refractivity contribution in [2.45, 2.75) is 31.1 Å². The molecule has 0 unspecified atom stereocenters. The molecule has 1 aromatic heterocycles. The van der Waals surface area contributed by atoms with Crippen LogP contribution in [0.1, 0.15) is 30.1 Å². The summed E-state index contributed by atoms with van der Waals surface area (Å²) in [5.74, 6) is -1.14. The number of unbranched alkanes of at least 4 members (excludes halogenated alkanes) is 1. The van der Waals surface area contributed by atoms with Crippen LogP contribution in [0.5, 0.6) is 5.75 Å². The van der Waals surface area contributed by atoms with Gasteiger partial charge in [-0.3, -0.25) is 9.59 Å². The Balaban J connectivity index is 2.81. The number of alkyl halides is 2. The van der Waals surface area contributed by atoms with E-state index in [9.17, 15) is 14.7 Å². The quantitative estimate of drug-likeness (QED) is 0.675. The number of para-hydroxylation sites is 1. The lowest BCUT2D eigenvalue weighted by molar-refractivity contribution is 0.100. The second kappa shape index (κ2) is 6.50. The predicted molar refractivity (Wildman–Crippen MR) is 84.6 cm³/mol. The molecule has 4 nitrogen and oxygen atoms in total. The fraction of sp³-hybridized carbons (Fsp3) is 0.333. The van der Waals surface area contributed by atoms with Crippen molar-refractivity contribution in [3.05, 3.63) is 40.2 Å². The molecule has 0 spiro atoms. The van der Waals surface area contributed by atoms with Gasteiger partial charge in [-0.25, -0.2) is 0 Å². The molecule has 2 rings (SSSR count). The smallest absolute Gasteiger partial charge is 0.265 e. The molecular formula is C15H15Cl2NO3. The third-order valence-electron chi connectivity index (χ3n) is 3.33. The van der Waals surface area contributed by atoms with Crippen molar-refractivity contribution >= 4 is 39.9 Å². The number of rotatable bonds is 5. The van der Waals surface area contributed by atoms with Crippen LogP contribution in [0.4, 0.5) is 0 Å². The average Bonchev–Trinajstić information content (AvgIpc) is 2.47. The largest absolute Gasteiger partial charge is 0.506 e. The Kier molecular flexibility index (Phi) is 4.91. The molecule has 0 radical (unpaired) electrons. The van der Waals surface area contributed by atoms with Crippen molar-refractivity contribution in [1.29, 1.82) is 0 Å². The first-order valence-corrected chi connectivity index (χ1v) is 7.53. The number of nitrogens with zero attached hydrogens (tertiary/aromatic N) is 1. The number of ketones is 1. The Hall–Kier alpha value is -1.52. The van der Waals surface area contributed by atoms with E-state index in [0.29, 0.717) is 17.4 Å². The average molecular weight is 328 g/mol. The molecule has 2 aromatic rings. The fourth-order valence-electron chi connectivity index (χ4n) is 2.26. The number of hydrogen-bond donors (Lipinski definition) is 1. The molecule has 0 amide bonds. The minimum Gasteiger partial charge on any atom is -0.506 e. The number of pyridine rings is 1. The molecule has 0 saturated carbocycles. The van der Waals surface area contributed by atoms with Gasteiger partial charge in [-0.2, -0.15) is 0 Å². The van der Waals surface area contributed by atoms with Crippen LogP contribution in [0.3, 0.4) is 0 Å². The molecule has 0 aliphatic carbocycles. The maximum atomic E-state index is 12.5. The van der Waals surface area contributed by atoms with Gasteiger partial charge in [-0.05, 0) is 18.6 Å². The van der Waals surface area contributed by atoms with Gasteiger partial charge in [0.15, 0.2) is 4.84 Å². The number of benzene rings is 1. The highest BCUT2D eigenvalue weighted by molar-refractivity contribution is 6.55. The maximum Gasteiger partial charge on any atom is 0.265 e. The van der Waals surface area contributed by atoms with Gasteiger partial charge < -0.3 is 9.67 Å². The summed E-state index contributed by atoms with van der Waals surface area (Å²) in [5.41, 5.74) is -0.318. The second-order valence-corrected chi connectivity index (χ2v) is 5.81. The van der Waals surface area contributed by atoms with Crippen LogP contribution in [0.2, 0.25) is 0 Å². The molecule has 0 aliphatic heterocycles. The van der Waals surface area contributed by atoms with Gasteiger partial charge in [0.25, 0.3) is 5.56 Å². The minimum atomic E-state index is -1.38. The van der Waals surface area contributed by atoms with E-state index in [4.69, 9.17) is 23.2 Å². The Bertz CT molecular complexity index is 738. The van der Waals surface area contributed by atoms with Crippen LogP contribution < -0.4 is 5.56 Å². The number of carbonyl (C=O) groups is 1. The van der Waals surface area contributed by atoms with E-state index in [2.05, 4.69) is 0 Å². The van der Waals surface area contributed by atoms with E-state index in [0.717, 1.165) is 12.8 Å². The number of carbonyl (C=O) groups excluding carboxylic acids is 1. The van der Waals surface area contributed by atoms with Gasteiger partial charge in [-0.1, -0.05) is 48.7 Å². The summed E-state index contributed by atoms with van der Waals surface area (Å²) in [6.07, 6.45) is 1.69. The molecular weight excluding hydrogens is 313 g/mol. The minimum absolute atomic E-state index is 0.347. The maximum absolute atomic E-state index is 12.5. The second-order valence-electron chi connectivity index (χ2n) is 4.72. The first kappa shape index (κ1) is 15.9. The van der Waals surface area contributed by atoms with E-state index in [1.807, 2.05) is 6.92 Å². The van der Waals surface area contributed by atoms with Gasteiger partial charge in [0, 0.05) is 11.9 Å². The summed E-state index contributed by atoms with van der Waals surface area (Å²) in [5, 5.41) is 10.7. The number of Topliss-reactive ketones (excluding diaryl/α,β-unsaturated/α-hetero) is 1. The molecule has 0 bridgehead atoms. The Morgan fingerprint density at radius 3 is 2.62 bits per heavy atom. The molecule has 0 fully saturated rings. The molecule has 1 heterocycles. The number of halogens is 2. The molecule has 0 saturated heterocycles. The molecule has 0 aliphatic rings. The SMILES string of the molecule is CCCCn1c(=O)c(C(=O)C(Cl)Cl)c(O)c2ccccc21. The van der Waals surface area contributed by atoms with Crippen molar-refractivity contribution in [2.75, 3.05) is 0 Å². The standard InChI is InChI=1S/C15H15Cl2NO3/c1-2-3-8-18-10-7-5-4-6-9(10)12(19)11(15(18)21)13(20)14(16)17/h4-7,14,19H,2-3,8H2,1H3. The third kappa shape index (κ3) is 2.92. The highest BCUT2D eigenvalue weighted by atomic mass is 35.5. The Morgan fingerprint density at radius 1 is 1.33 bits per heavy atom.